The van der Waals surface area contributed by atoms with Gasteiger partial charge < -0.3 is 14.5 Å². The summed E-state index contributed by atoms with van der Waals surface area (Å²) in [7, 11) is 0. The summed E-state index contributed by atoms with van der Waals surface area (Å²) in [6, 6.07) is 7.42. The molecule has 0 spiro atoms. The van der Waals surface area contributed by atoms with Crippen molar-refractivity contribution in [2.75, 3.05) is 62.3 Å². The first-order valence-corrected chi connectivity index (χ1v) is 10.0. The van der Waals surface area contributed by atoms with Gasteiger partial charge in [-0.25, -0.2) is 14.4 Å². The number of morpholine rings is 1. The second kappa shape index (κ2) is 8.50. The molecule has 2 aliphatic heterocycles. The lowest BCUT2D eigenvalue weighted by Crippen LogP contribution is -2.46. The van der Waals surface area contributed by atoms with E-state index in [1.165, 1.54) is 0 Å². The number of hydrogen-bond acceptors (Lipinski definition) is 6. The van der Waals surface area contributed by atoms with Crippen molar-refractivity contribution >= 4 is 27.6 Å². The van der Waals surface area contributed by atoms with Crippen LogP contribution in [-0.2, 0) is 11.3 Å². The molecule has 4 rings (SSSR count). The van der Waals surface area contributed by atoms with Gasteiger partial charge in [0.15, 0.2) is 0 Å². The Morgan fingerprint density at radius 1 is 0.926 bits per heavy atom. The summed E-state index contributed by atoms with van der Waals surface area (Å²) in [5.41, 5.74) is 1.00. The van der Waals surface area contributed by atoms with Crippen molar-refractivity contribution in [3.8, 4) is 0 Å². The van der Waals surface area contributed by atoms with Crippen molar-refractivity contribution in [1.29, 1.82) is 0 Å². The van der Waals surface area contributed by atoms with Crippen LogP contribution in [0.5, 0.6) is 0 Å². The molecule has 0 saturated carbocycles. The first-order valence-electron chi connectivity index (χ1n) is 9.25. The number of ether oxygens (including phenoxy) is 1. The number of hydrogen-bond donors (Lipinski definition) is 0. The molecule has 27 heavy (non-hydrogen) atoms. The fraction of sp³-hybridized carbons (Fsp3) is 0.474. The van der Waals surface area contributed by atoms with Gasteiger partial charge >= 0.3 is 0 Å². The molecule has 144 valence electrons. The Bertz CT molecular complexity index is 778. The van der Waals surface area contributed by atoms with Crippen LogP contribution in [0.3, 0.4) is 0 Å². The molecule has 0 atom stereocenters. The van der Waals surface area contributed by atoms with E-state index in [1.807, 2.05) is 6.07 Å². The van der Waals surface area contributed by atoms with Gasteiger partial charge in [-0.1, -0.05) is 6.07 Å². The number of halogens is 2. The van der Waals surface area contributed by atoms with Crippen molar-refractivity contribution in [3.05, 3.63) is 46.4 Å². The van der Waals surface area contributed by atoms with E-state index in [4.69, 9.17) is 4.74 Å². The predicted molar refractivity (Wildman–Crippen MR) is 107 cm³/mol. The number of nitrogens with zero attached hydrogens (tertiary/aromatic N) is 5. The molecule has 0 unspecified atom stereocenters. The Hall–Kier alpha value is -1.77. The lowest BCUT2D eigenvalue weighted by Gasteiger charge is -2.36. The monoisotopic (exact) mass is 435 g/mol. The van der Waals surface area contributed by atoms with Crippen LogP contribution in [0.2, 0.25) is 0 Å². The maximum Gasteiger partial charge on any atom is 0.137 e. The molecular weight excluding hydrogens is 413 g/mol. The lowest BCUT2D eigenvalue weighted by atomic mass is 10.2. The number of rotatable bonds is 4. The Balaban J connectivity index is 1.35. The molecule has 0 amide bonds. The van der Waals surface area contributed by atoms with E-state index < -0.39 is 0 Å². The zero-order valence-corrected chi connectivity index (χ0v) is 16.7. The van der Waals surface area contributed by atoms with Gasteiger partial charge in [-0.05, 0) is 33.6 Å². The Morgan fingerprint density at radius 2 is 1.59 bits per heavy atom. The van der Waals surface area contributed by atoms with E-state index in [-0.39, 0.29) is 5.82 Å². The van der Waals surface area contributed by atoms with Gasteiger partial charge in [-0.3, -0.25) is 4.90 Å². The summed E-state index contributed by atoms with van der Waals surface area (Å²) in [4.78, 5) is 15.8. The maximum absolute atomic E-state index is 13.7. The van der Waals surface area contributed by atoms with Crippen LogP contribution >= 0.6 is 15.9 Å². The third-order valence-electron chi connectivity index (χ3n) is 5.06. The summed E-state index contributed by atoms with van der Waals surface area (Å²) >= 11 is 3.21. The molecule has 0 aliphatic carbocycles. The van der Waals surface area contributed by atoms with Crippen molar-refractivity contribution < 1.29 is 9.13 Å². The summed E-state index contributed by atoms with van der Waals surface area (Å²) in [5.74, 6) is 1.74. The van der Waals surface area contributed by atoms with Crippen LogP contribution < -0.4 is 9.80 Å². The third-order valence-corrected chi connectivity index (χ3v) is 5.70. The number of anilines is 2. The van der Waals surface area contributed by atoms with Gasteiger partial charge in [0.05, 0.1) is 17.7 Å². The highest BCUT2D eigenvalue weighted by Gasteiger charge is 2.20. The molecule has 1 aromatic heterocycles. The molecule has 2 aliphatic rings. The van der Waals surface area contributed by atoms with E-state index in [1.54, 1.807) is 18.5 Å². The van der Waals surface area contributed by atoms with Crippen molar-refractivity contribution in [2.45, 2.75) is 6.54 Å². The van der Waals surface area contributed by atoms with Crippen LogP contribution in [0.15, 0.2) is 35.1 Å². The van der Waals surface area contributed by atoms with Gasteiger partial charge in [-0.2, -0.15) is 0 Å². The van der Waals surface area contributed by atoms with Crippen LogP contribution in [0.25, 0.3) is 0 Å². The molecular formula is C19H23BrFN5O. The smallest absolute Gasteiger partial charge is 0.137 e. The molecule has 0 radical (unpaired) electrons. The molecule has 0 bridgehead atoms. The second-order valence-electron chi connectivity index (χ2n) is 6.85. The summed E-state index contributed by atoms with van der Waals surface area (Å²) < 4.78 is 19.6. The van der Waals surface area contributed by atoms with E-state index in [9.17, 15) is 4.39 Å². The first-order chi connectivity index (χ1) is 13.2. The van der Waals surface area contributed by atoms with Crippen LogP contribution in [0.1, 0.15) is 5.56 Å². The molecule has 8 heteroatoms. The quantitative estimate of drug-likeness (QED) is 0.734. The molecule has 0 N–H and O–H groups in total. The second-order valence-corrected chi connectivity index (χ2v) is 7.70. The average molecular weight is 436 g/mol. The van der Waals surface area contributed by atoms with E-state index in [0.29, 0.717) is 4.47 Å². The van der Waals surface area contributed by atoms with Crippen LogP contribution in [0.4, 0.5) is 16.0 Å². The molecule has 3 heterocycles. The van der Waals surface area contributed by atoms with Crippen LogP contribution in [0, 0.1) is 5.82 Å². The molecule has 2 aromatic rings. The summed E-state index contributed by atoms with van der Waals surface area (Å²) in [6.07, 6.45) is 1.65. The van der Waals surface area contributed by atoms with E-state index in [0.717, 1.165) is 76.2 Å². The number of piperazine rings is 1. The highest BCUT2D eigenvalue weighted by atomic mass is 79.9. The number of benzene rings is 1. The van der Waals surface area contributed by atoms with Gasteiger partial charge in [0, 0.05) is 51.9 Å². The van der Waals surface area contributed by atoms with Crippen molar-refractivity contribution in [2.24, 2.45) is 0 Å². The Kier molecular flexibility index (Phi) is 5.85. The van der Waals surface area contributed by atoms with Gasteiger partial charge in [-0.15, -0.1) is 0 Å². The molecule has 2 saturated heterocycles. The summed E-state index contributed by atoms with van der Waals surface area (Å²) in [6.45, 7) is 7.65. The topological polar surface area (TPSA) is 44.7 Å². The Labute approximate surface area is 167 Å². The highest BCUT2D eigenvalue weighted by molar-refractivity contribution is 9.10. The average Bonchev–Trinajstić information content (AvgIpc) is 2.72. The normalized spacial score (nSPS) is 18.7. The standard InChI is InChI=1S/C19H23BrFN5O/c20-16-2-1-15(11-17(16)21)13-24-3-5-25(6-4-24)18-12-19(23-14-22-18)26-7-9-27-10-8-26/h1-2,11-12,14H,3-10,13H2. The van der Waals surface area contributed by atoms with Crippen molar-refractivity contribution in [3.63, 3.8) is 0 Å². The first kappa shape index (κ1) is 18.6. The minimum absolute atomic E-state index is 0.206. The largest absolute Gasteiger partial charge is 0.378 e. The zero-order chi connectivity index (χ0) is 18.6. The molecule has 1 aromatic carbocycles. The van der Waals surface area contributed by atoms with E-state index >= 15 is 0 Å². The lowest BCUT2D eigenvalue weighted by molar-refractivity contribution is 0.122. The fourth-order valence-corrected chi connectivity index (χ4v) is 3.75. The van der Waals surface area contributed by atoms with Crippen molar-refractivity contribution in [1.82, 2.24) is 14.9 Å². The highest BCUT2D eigenvalue weighted by Crippen LogP contribution is 2.21. The number of aromatic nitrogens is 2. The maximum atomic E-state index is 13.7. The molecule has 6 nitrogen and oxygen atoms in total. The molecule has 2 fully saturated rings. The van der Waals surface area contributed by atoms with Gasteiger partial charge in [0.2, 0.25) is 0 Å². The minimum atomic E-state index is -0.206. The summed E-state index contributed by atoms with van der Waals surface area (Å²) in [5, 5.41) is 0. The fourth-order valence-electron chi connectivity index (χ4n) is 3.51. The third kappa shape index (κ3) is 4.56. The van der Waals surface area contributed by atoms with Crippen LogP contribution in [-0.4, -0.2) is 67.4 Å². The minimum Gasteiger partial charge on any atom is -0.378 e. The van der Waals surface area contributed by atoms with Gasteiger partial charge in [0.25, 0.3) is 0 Å². The Morgan fingerprint density at radius 3 is 2.26 bits per heavy atom. The van der Waals surface area contributed by atoms with Gasteiger partial charge in [0.1, 0.15) is 23.8 Å². The zero-order valence-electron chi connectivity index (χ0n) is 15.2. The SMILES string of the molecule is Fc1cc(CN2CCN(c3cc(N4CCOCC4)ncn3)CC2)ccc1Br. The van der Waals surface area contributed by atoms with E-state index in [2.05, 4.69) is 46.7 Å². The predicted octanol–water partition coefficient (Wildman–Crippen LogP) is 2.54.